The lowest BCUT2D eigenvalue weighted by atomic mass is 10.3. The van der Waals surface area contributed by atoms with Gasteiger partial charge in [-0.1, -0.05) is 18.3 Å². The fraction of sp³-hybridized carbons (Fsp3) is 0.667. The molecule has 0 radical (unpaired) electrons. The highest BCUT2D eigenvalue weighted by Crippen LogP contribution is 2.16. The number of methoxy groups -OCH3 is 1. The Balaban J connectivity index is 2.96. The Morgan fingerprint density at radius 2 is 2.18 bits per heavy atom. The van der Waals surface area contributed by atoms with Crippen LogP contribution in [-0.2, 0) is 14.8 Å². The summed E-state index contributed by atoms with van der Waals surface area (Å²) in [6, 6.07) is -0.290. The lowest BCUT2D eigenvalue weighted by Crippen LogP contribution is -2.37. The molecule has 17 heavy (non-hydrogen) atoms. The van der Waals surface area contributed by atoms with Crippen molar-refractivity contribution >= 4 is 21.4 Å². The number of hydrogen-bond donors (Lipinski definition) is 2. The van der Waals surface area contributed by atoms with E-state index < -0.39 is 10.0 Å². The molecule has 0 bridgehead atoms. The van der Waals surface area contributed by atoms with Crippen LogP contribution in [0.1, 0.15) is 19.0 Å². The smallest absolute Gasteiger partial charge is 0.305 e. The fourth-order valence-electron chi connectivity index (χ4n) is 1.36. The van der Waals surface area contributed by atoms with Crippen LogP contribution >= 0.6 is 11.3 Å². The minimum absolute atomic E-state index is 0.0389. The van der Waals surface area contributed by atoms with Gasteiger partial charge in [-0.25, -0.2) is 13.1 Å². The van der Waals surface area contributed by atoms with E-state index in [2.05, 4.69) is 9.71 Å². The summed E-state index contributed by atoms with van der Waals surface area (Å²) >= 11 is 0.689. The van der Waals surface area contributed by atoms with Crippen molar-refractivity contribution in [2.24, 2.45) is 0 Å². The Labute approximate surface area is 104 Å². The van der Waals surface area contributed by atoms with Crippen molar-refractivity contribution in [2.45, 2.75) is 30.5 Å². The van der Waals surface area contributed by atoms with Crippen LogP contribution < -0.4 is 9.60 Å². The van der Waals surface area contributed by atoms with Crippen molar-refractivity contribution < 1.29 is 13.2 Å². The Morgan fingerprint density at radius 3 is 2.59 bits per heavy atom. The number of hydrogen-bond acceptors (Lipinski definition) is 5. The maximum absolute atomic E-state index is 12.0. The maximum Gasteiger partial charge on any atom is 0.305 e. The minimum atomic E-state index is -3.65. The number of nitrogens with one attached hydrogen (secondary N) is 2. The Kier molecular flexibility index (Phi) is 4.87. The first-order valence-corrected chi connectivity index (χ1v) is 7.41. The first-order chi connectivity index (χ1) is 7.90. The molecule has 1 aromatic heterocycles. The first-order valence-electron chi connectivity index (χ1n) is 5.11. The molecule has 0 aliphatic heterocycles. The standard InChI is InChI=1S/C9H16N2O4S2/c1-4-7(5-15-3)11-17(13,14)8-6(2)10-9(12)16-8/h7,11H,4-5H2,1-3H3,(H,10,12). The number of aromatic nitrogens is 1. The van der Waals surface area contributed by atoms with Gasteiger partial charge < -0.3 is 9.72 Å². The number of thiazole rings is 1. The summed E-state index contributed by atoms with van der Waals surface area (Å²) in [7, 11) is -2.14. The van der Waals surface area contributed by atoms with E-state index in [9.17, 15) is 13.2 Å². The summed E-state index contributed by atoms with van der Waals surface area (Å²) in [5.41, 5.74) is 0.361. The van der Waals surface area contributed by atoms with Gasteiger partial charge in [0, 0.05) is 18.8 Å². The normalized spacial score (nSPS) is 13.8. The summed E-state index contributed by atoms with van der Waals surface area (Å²) in [5, 5.41) is 0. The van der Waals surface area contributed by atoms with Gasteiger partial charge in [-0.15, -0.1) is 0 Å². The molecular formula is C9H16N2O4S2. The zero-order chi connectivity index (χ0) is 13.1. The fourth-order valence-corrected chi connectivity index (χ4v) is 3.98. The van der Waals surface area contributed by atoms with Gasteiger partial charge in [0.15, 0.2) is 4.21 Å². The number of sulfonamides is 1. The van der Waals surface area contributed by atoms with Crippen LogP contribution in [0.3, 0.4) is 0 Å². The molecule has 0 amide bonds. The zero-order valence-corrected chi connectivity index (χ0v) is 11.6. The van der Waals surface area contributed by atoms with Crippen molar-refractivity contribution in [1.82, 2.24) is 9.71 Å². The molecule has 0 spiro atoms. The van der Waals surface area contributed by atoms with Crippen LogP contribution in [0.2, 0.25) is 0 Å². The zero-order valence-electron chi connectivity index (χ0n) is 9.94. The van der Waals surface area contributed by atoms with E-state index >= 15 is 0 Å². The molecule has 1 rings (SSSR count). The summed E-state index contributed by atoms with van der Waals surface area (Å²) in [6.07, 6.45) is 0.617. The van der Waals surface area contributed by atoms with Crippen molar-refractivity contribution in [3.63, 3.8) is 0 Å². The second-order valence-corrected chi connectivity index (χ2v) is 6.50. The van der Waals surface area contributed by atoms with Crippen LogP contribution in [-0.4, -0.2) is 33.2 Å². The molecule has 0 fully saturated rings. The molecule has 6 nitrogen and oxygen atoms in total. The van der Waals surface area contributed by atoms with Crippen LogP contribution in [0.5, 0.6) is 0 Å². The van der Waals surface area contributed by atoms with Crippen molar-refractivity contribution in [3.05, 3.63) is 15.4 Å². The Bertz CT molecular complexity index is 517. The van der Waals surface area contributed by atoms with Crippen LogP contribution in [0.15, 0.2) is 9.00 Å². The van der Waals surface area contributed by atoms with Gasteiger partial charge in [0.25, 0.3) is 10.0 Å². The number of ether oxygens (including phenoxy) is 1. The Hall–Kier alpha value is -0.700. The van der Waals surface area contributed by atoms with Gasteiger partial charge in [0.2, 0.25) is 0 Å². The van der Waals surface area contributed by atoms with Gasteiger partial charge in [0.1, 0.15) is 0 Å². The van der Waals surface area contributed by atoms with Crippen molar-refractivity contribution in [2.75, 3.05) is 13.7 Å². The third-order valence-electron chi connectivity index (χ3n) is 2.21. The Morgan fingerprint density at radius 1 is 1.53 bits per heavy atom. The summed E-state index contributed by atoms with van der Waals surface area (Å²) in [6.45, 7) is 3.72. The van der Waals surface area contributed by atoms with Gasteiger partial charge in [-0.2, -0.15) is 0 Å². The predicted molar refractivity (Wildman–Crippen MR) is 66.0 cm³/mol. The maximum atomic E-state index is 12.0. The molecule has 8 heteroatoms. The average molecular weight is 280 g/mol. The van der Waals surface area contributed by atoms with Gasteiger partial charge in [0.05, 0.1) is 6.61 Å². The largest absolute Gasteiger partial charge is 0.383 e. The van der Waals surface area contributed by atoms with Crippen LogP contribution in [0.4, 0.5) is 0 Å². The summed E-state index contributed by atoms with van der Waals surface area (Å²) < 4.78 is 31.5. The third-order valence-corrected chi connectivity index (χ3v) is 5.33. The monoisotopic (exact) mass is 280 g/mol. The molecule has 0 saturated carbocycles. The molecule has 1 atom stereocenters. The minimum Gasteiger partial charge on any atom is -0.383 e. The van der Waals surface area contributed by atoms with Crippen molar-refractivity contribution in [1.29, 1.82) is 0 Å². The molecule has 0 aliphatic carbocycles. The van der Waals surface area contributed by atoms with Crippen LogP contribution in [0, 0.1) is 6.92 Å². The molecule has 98 valence electrons. The van der Waals surface area contributed by atoms with E-state index in [0.717, 1.165) is 0 Å². The van der Waals surface area contributed by atoms with Crippen LogP contribution in [0.25, 0.3) is 0 Å². The summed E-state index contributed by atoms with van der Waals surface area (Å²) in [5.74, 6) is 0. The number of aromatic amines is 1. The van der Waals surface area contributed by atoms with E-state index in [-0.39, 0.29) is 15.1 Å². The quantitative estimate of drug-likeness (QED) is 0.792. The van der Waals surface area contributed by atoms with E-state index in [4.69, 9.17) is 4.74 Å². The highest BCUT2D eigenvalue weighted by molar-refractivity contribution is 7.91. The number of aryl methyl sites for hydroxylation is 1. The van der Waals surface area contributed by atoms with Gasteiger partial charge in [-0.05, 0) is 13.3 Å². The molecule has 1 heterocycles. The molecule has 0 saturated heterocycles. The first kappa shape index (κ1) is 14.4. The second kappa shape index (κ2) is 5.76. The molecule has 1 aromatic rings. The lowest BCUT2D eigenvalue weighted by Gasteiger charge is -2.15. The van der Waals surface area contributed by atoms with E-state index in [0.29, 0.717) is 30.1 Å². The van der Waals surface area contributed by atoms with Gasteiger partial charge >= 0.3 is 4.87 Å². The highest BCUT2D eigenvalue weighted by Gasteiger charge is 2.23. The molecular weight excluding hydrogens is 264 g/mol. The third kappa shape index (κ3) is 3.63. The number of H-pyrrole nitrogens is 1. The molecule has 0 aliphatic rings. The average Bonchev–Trinajstić information content (AvgIpc) is 2.57. The topological polar surface area (TPSA) is 88.3 Å². The molecule has 0 aromatic carbocycles. The van der Waals surface area contributed by atoms with Crippen molar-refractivity contribution in [3.8, 4) is 0 Å². The highest BCUT2D eigenvalue weighted by atomic mass is 32.2. The van der Waals surface area contributed by atoms with E-state index in [1.165, 1.54) is 7.11 Å². The lowest BCUT2D eigenvalue weighted by molar-refractivity contribution is 0.173. The SMILES string of the molecule is CCC(COC)NS(=O)(=O)c1sc(=O)[nH]c1C. The molecule has 1 unspecified atom stereocenters. The number of rotatable bonds is 6. The van der Waals surface area contributed by atoms with Gasteiger partial charge in [-0.3, -0.25) is 4.79 Å². The summed E-state index contributed by atoms with van der Waals surface area (Å²) in [4.78, 5) is 13.2. The van der Waals surface area contributed by atoms with E-state index in [1.807, 2.05) is 6.92 Å². The predicted octanol–water partition coefficient (Wildman–Crippen LogP) is 0.448. The molecule has 2 N–H and O–H groups in total. The van der Waals surface area contributed by atoms with E-state index in [1.54, 1.807) is 6.92 Å². The second-order valence-electron chi connectivity index (χ2n) is 3.61.